The SMILES string of the molecule is CCNS(=O)(=O)c1ccc(C(=O)NCC(=O)N[C@@H](CC(C)C)C(=O)O)cc1. The molecular formula is C17H25N3O6S. The number of carbonyl (C=O) groups excluding carboxylic acids is 2. The largest absolute Gasteiger partial charge is 0.480 e. The number of hydrogen-bond donors (Lipinski definition) is 4. The number of carbonyl (C=O) groups is 3. The van der Waals surface area contributed by atoms with E-state index in [-0.39, 0.29) is 29.3 Å². The highest BCUT2D eigenvalue weighted by Gasteiger charge is 2.21. The second-order valence-corrected chi connectivity index (χ2v) is 8.06. The van der Waals surface area contributed by atoms with Crippen LogP contribution in [0.4, 0.5) is 0 Å². The second kappa shape index (κ2) is 10.0. The van der Waals surface area contributed by atoms with E-state index in [0.717, 1.165) is 0 Å². The Hall–Kier alpha value is -2.46. The molecule has 9 nitrogen and oxygen atoms in total. The van der Waals surface area contributed by atoms with Gasteiger partial charge in [-0.25, -0.2) is 17.9 Å². The van der Waals surface area contributed by atoms with Crippen LogP contribution in [0.25, 0.3) is 0 Å². The maximum Gasteiger partial charge on any atom is 0.326 e. The number of amides is 2. The van der Waals surface area contributed by atoms with Crippen LogP contribution in [0.15, 0.2) is 29.2 Å². The summed E-state index contributed by atoms with van der Waals surface area (Å²) < 4.78 is 26.0. The molecule has 4 N–H and O–H groups in total. The quantitative estimate of drug-likeness (QED) is 0.447. The molecule has 1 rings (SSSR count). The summed E-state index contributed by atoms with van der Waals surface area (Å²) in [7, 11) is -3.61. The highest BCUT2D eigenvalue weighted by Crippen LogP contribution is 2.10. The number of carboxylic acids is 1. The van der Waals surface area contributed by atoms with Gasteiger partial charge < -0.3 is 15.7 Å². The third-order valence-corrected chi connectivity index (χ3v) is 5.07. The number of nitrogens with one attached hydrogen (secondary N) is 3. The minimum atomic E-state index is -3.61. The Bertz CT molecular complexity index is 774. The van der Waals surface area contributed by atoms with Crippen LogP contribution in [0.3, 0.4) is 0 Å². The van der Waals surface area contributed by atoms with Crippen molar-refractivity contribution in [1.82, 2.24) is 15.4 Å². The van der Waals surface area contributed by atoms with E-state index in [1.54, 1.807) is 6.92 Å². The van der Waals surface area contributed by atoms with Gasteiger partial charge in [0.15, 0.2) is 0 Å². The minimum Gasteiger partial charge on any atom is -0.480 e. The van der Waals surface area contributed by atoms with E-state index in [1.165, 1.54) is 24.3 Å². The van der Waals surface area contributed by atoms with Crippen LogP contribution in [0.2, 0.25) is 0 Å². The summed E-state index contributed by atoms with van der Waals surface area (Å²) in [4.78, 5) is 35.1. The van der Waals surface area contributed by atoms with E-state index in [0.29, 0.717) is 0 Å². The molecule has 1 aromatic rings. The Morgan fingerprint density at radius 3 is 2.19 bits per heavy atom. The average Bonchev–Trinajstić information content (AvgIpc) is 2.58. The van der Waals surface area contributed by atoms with Gasteiger partial charge >= 0.3 is 5.97 Å². The summed E-state index contributed by atoms with van der Waals surface area (Å²) in [6.45, 7) is 5.18. The molecule has 150 valence electrons. The van der Waals surface area contributed by atoms with E-state index >= 15 is 0 Å². The first-order valence-corrected chi connectivity index (χ1v) is 9.95. The van der Waals surface area contributed by atoms with Crippen LogP contribution in [0, 0.1) is 5.92 Å². The van der Waals surface area contributed by atoms with Gasteiger partial charge in [-0.05, 0) is 36.6 Å². The van der Waals surface area contributed by atoms with Crippen molar-refractivity contribution in [2.75, 3.05) is 13.1 Å². The lowest BCUT2D eigenvalue weighted by atomic mass is 10.0. The third-order valence-electron chi connectivity index (χ3n) is 3.51. The zero-order valence-electron chi connectivity index (χ0n) is 15.5. The lowest BCUT2D eigenvalue weighted by molar-refractivity contribution is -0.142. The Kier molecular flexibility index (Phi) is 8.38. The number of benzene rings is 1. The second-order valence-electron chi connectivity index (χ2n) is 6.30. The molecule has 27 heavy (non-hydrogen) atoms. The Labute approximate surface area is 158 Å². The maximum absolute atomic E-state index is 12.1. The monoisotopic (exact) mass is 399 g/mol. The first-order valence-electron chi connectivity index (χ1n) is 8.47. The summed E-state index contributed by atoms with van der Waals surface area (Å²) in [6, 6.07) is 4.21. The molecule has 0 saturated heterocycles. The van der Waals surface area contributed by atoms with Crippen molar-refractivity contribution in [2.24, 2.45) is 5.92 Å². The van der Waals surface area contributed by atoms with Crippen LogP contribution in [0.5, 0.6) is 0 Å². The van der Waals surface area contributed by atoms with Crippen LogP contribution in [-0.2, 0) is 19.6 Å². The Morgan fingerprint density at radius 1 is 1.11 bits per heavy atom. The zero-order valence-corrected chi connectivity index (χ0v) is 16.3. The molecule has 0 spiro atoms. The third kappa shape index (κ3) is 7.35. The smallest absolute Gasteiger partial charge is 0.326 e. The summed E-state index contributed by atoms with van der Waals surface area (Å²) in [5.41, 5.74) is 0.176. The molecule has 2 amide bonds. The number of sulfonamides is 1. The lowest BCUT2D eigenvalue weighted by Crippen LogP contribution is -2.46. The van der Waals surface area contributed by atoms with Gasteiger partial charge in [0.05, 0.1) is 11.4 Å². The number of aliphatic carboxylic acids is 1. The van der Waals surface area contributed by atoms with E-state index in [2.05, 4.69) is 15.4 Å². The van der Waals surface area contributed by atoms with Crippen molar-refractivity contribution >= 4 is 27.8 Å². The molecule has 0 aliphatic carbocycles. The molecule has 0 fully saturated rings. The van der Waals surface area contributed by atoms with Crippen molar-refractivity contribution in [1.29, 1.82) is 0 Å². The van der Waals surface area contributed by atoms with Crippen molar-refractivity contribution in [3.05, 3.63) is 29.8 Å². The van der Waals surface area contributed by atoms with Gasteiger partial charge in [0, 0.05) is 12.1 Å². The number of rotatable bonds is 10. The molecule has 0 saturated carbocycles. The fraction of sp³-hybridized carbons (Fsp3) is 0.471. The van der Waals surface area contributed by atoms with Crippen LogP contribution >= 0.6 is 0 Å². The predicted octanol–water partition coefficient (Wildman–Crippen LogP) is 0.330. The molecular weight excluding hydrogens is 374 g/mol. The summed E-state index contributed by atoms with van der Waals surface area (Å²) >= 11 is 0. The van der Waals surface area contributed by atoms with E-state index in [9.17, 15) is 22.8 Å². The van der Waals surface area contributed by atoms with E-state index in [4.69, 9.17) is 5.11 Å². The molecule has 0 aliphatic rings. The van der Waals surface area contributed by atoms with Crippen molar-refractivity contribution in [3.8, 4) is 0 Å². The highest BCUT2D eigenvalue weighted by atomic mass is 32.2. The van der Waals surface area contributed by atoms with Crippen molar-refractivity contribution in [3.63, 3.8) is 0 Å². The fourth-order valence-corrected chi connectivity index (χ4v) is 3.30. The van der Waals surface area contributed by atoms with E-state index < -0.39 is 40.4 Å². The highest BCUT2D eigenvalue weighted by molar-refractivity contribution is 7.89. The molecule has 1 atom stereocenters. The van der Waals surface area contributed by atoms with Gasteiger partial charge in [-0.3, -0.25) is 9.59 Å². The zero-order chi connectivity index (χ0) is 20.6. The van der Waals surface area contributed by atoms with Crippen molar-refractivity contribution in [2.45, 2.75) is 38.1 Å². The van der Waals surface area contributed by atoms with E-state index in [1.807, 2.05) is 13.8 Å². The fourth-order valence-electron chi connectivity index (χ4n) is 2.26. The Morgan fingerprint density at radius 2 is 1.70 bits per heavy atom. The normalized spacial score (nSPS) is 12.4. The van der Waals surface area contributed by atoms with Crippen molar-refractivity contribution < 1.29 is 27.9 Å². The predicted molar refractivity (Wildman–Crippen MR) is 98.7 cm³/mol. The molecule has 0 aromatic heterocycles. The van der Waals surface area contributed by atoms with Gasteiger partial charge in [0.1, 0.15) is 6.04 Å². The summed E-state index contributed by atoms with van der Waals surface area (Å²) in [5.74, 6) is -2.25. The van der Waals surface area contributed by atoms with Gasteiger partial charge in [-0.1, -0.05) is 20.8 Å². The topological polar surface area (TPSA) is 142 Å². The van der Waals surface area contributed by atoms with Crippen LogP contribution < -0.4 is 15.4 Å². The van der Waals surface area contributed by atoms with Crippen LogP contribution in [-0.4, -0.2) is 50.4 Å². The lowest BCUT2D eigenvalue weighted by Gasteiger charge is -2.16. The number of carboxylic acid groups (broad SMARTS) is 1. The van der Waals surface area contributed by atoms with Gasteiger partial charge in [-0.15, -0.1) is 0 Å². The Balaban J connectivity index is 2.64. The molecule has 0 bridgehead atoms. The summed E-state index contributed by atoms with van der Waals surface area (Å²) in [5, 5.41) is 13.8. The van der Waals surface area contributed by atoms with Gasteiger partial charge in [0.2, 0.25) is 15.9 Å². The minimum absolute atomic E-state index is 0.0247. The van der Waals surface area contributed by atoms with Gasteiger partial charge in [0.25, 0.3) is 5.91 Å². The molecule has 10 heteroatoms. The first-order chi connectivity index (χ1) is 12.6. The number of hydrogen-bond acceptors (Lipinski definition) is 5. The first kappa shape index (κ1) is 22.6. The molecule has 0 aliphatic heterocycles. The molecule has 0 heterocycles. The standard InChI is InChI=1S/C17H25N3O6S/c1-4-19-27(25,26)13-7-5-12(6-8-13)16(22)18-10-15(21)20-14(17(23)24)9-11(2)3/h5-8,11,14,19H,4,9-10H2,1-3H3,(H,18,22)(H,20,21)(H,23,24)/t14-/m0/s1. The van der Waals surface area contributed by atoms with Gasteiger partial charge in [-0.2, -0.15) is 0 Å². The average molecular weight is 399 g/mol. The molecule has 0 radical (unpaired) electrons. The molecule has 0 unspecified atom stereocenters. The molecule has 1 aromatic carbocycles. The maximum atomic E-state index is 12.1. The summed E-state index contributed by atoms with van der Waals surface area (Å²) in [6.07, 6.45) is 0.275. The van der Waals surface area contributed by atoms with Crippen LogP contribution in [0.1, 0.15) is 37.6 Å².